The summed E-state index contributed by atoms with van der Waals surface area (Å²) in [5, 5.41) is 4.30. The summed E-state index contributed by atoms with van der Waals surface area (Å²) in [4.78, 5) is 0. The number of nitrogens with one attached hydrogen (secondary N) is 1. The standard InChI is InChI=1S/C13H17BrClN/c1-13(5-2-6-13)9-16-8-10-3-4-11(14)12(15)7-10/h3-4,7,16H,2,5-6,8-9H2,1H3. The molecule has 88 valence electrons. The lowest BCUT2D eigenvalue weighted by molar-refractivity contribution is 0.156. The second-order valence-corrected chi connectivity index (χ2v) is 6.28. The van der Waals surface area contributed by atoms with Crippen LogP contribution in [0.4, 0.5) is 0 Å². The zero-order valence-corrected chi connectivity index (χ0v) is 11.9. The summed E-state index contributed by atoms with van der Waals surface area (Å²) in [5.41, 5.74) is 1.79. The van der Waals surface area contributed by atoms with Crippen molar-refractivity contribution in [2.45, 2.75) is 32.7 Å². The molecule has 2 rings (SSSR count). The molecule has 0 aromatic heterocycles. The quantitative estimate of drug-likeness (QED) is 0.870. The average Bonchev–Trinajstić information content (AvgIpc) is 2.21. The van der Waals surface area contributed by atoms with Crippen molar-refractivity contribution in [2.75, 3.05) is 6.54 Å². The Bertz CT molecular complexity index is 374. The van der Waals surface area contributed by atoms with Gasteiger partial charge in [-0.1, -0.05) is 31.0 Å². The molecule has 1 aliphatic carbocycles. The van der Waals surface area contributed by atoms with Crippen LogP contribution >= 0.6 is 27.5 Å². The largest absolute Gasteiger partial charge is 0.312 e. The van der Waals surface area contributed by atoms with Crippen LogP contribution in [-0.4, -0.2) is 6.54 Å². The highest BCUT2D eigenvalue weighted by molar-refractivity contribution is 9.10. The lowest BCUT2D eigenvalue weighted by Gasteiger charge is -2.38. The zero-order chi connectivity index (χ0) is 11.6. The Morgan fingerprint density at radius 3 is 2.75 bits per heavy atom. The average molecular weight is 303 g/mol. The van der Waals surface area contributed by atoms with Crippen molar-refractivity contribution in [3.63, 3.8) is 0 Å². The molecule has 3 heteroatoms. The van der Waals surface area contributed by atoms with E-state index in [1.54, 1.807) is 0 Å². The summed E-state index contributed by atoms with van der Waals surface area (Å²) < 4.78 is 0.962. The van der Waals surface area contributed by atoms with E-state index in [0.29, 0.717) is 5.41 Å². The predicted molar refractivity (Wildman–Crippen MR) is 72.8 cm³/mol. The molecule has 1 nitrogen and oxygen atoms in total. The fraction of sp³-hybridized carbons (Fsp3) is 0.538. The van der Waals surface area contributed by atoms with Gasteiger partial charge in [0.15, 0.2) is 0 Å². The van der Waals surface area contributed by atoms with Crippen LogP contribution in [0.1, 0.15) is 31.7 Å². The number of hydrogen-bond donors (Lipinski definition) is 1. The Labute approximate surface area is 111 Å². The molecule has 0 radical (unpaired) electrons. The maximum absolute atomic E-state index is 6.05. The molecule has 1 aromatic rings. The van der Waals surface area contributed by atoms with Crippen LogP contribution < -0.4 is 5.32 Å². The summed E-state index contributed by atoms with van der Waals surface area (Å²) >= 11 is 9.44. The van der Waals surface area contributed by atoms with Gasteiger partial charge in [-0.2, -0.15) is 0 Å². The van der Waals surface area contributed by atoms with E-state index >= 15 is 0 Å². The number of rotatable bonds is 4. The summed E-state index contributed by atoms with van der Waals surface area (Å²) in [7, 11) is 0. The van der Waals surface area contributed by atoms with E-state index in [1.807, 2.05) is 12.1 Å². The number of hydrogen-bond acceptors (Lipinski definition) is 1. The Kier molecular flexibility index (Phi) is 3.93. The van der Waals surface area contributed by atoms with Crippen molar-refractivity contribution in [3.05, 3.63) is 33.3 Å². The highest BCUT2D eigenvalue weighted by atomic mass is 79.9. The van der Waals surface area contributed by atoms with Crippen LogP contribution in [0.3, 0.4) is 0 Å². The monoisotopic (exact) mass is 301 g/mol. The van der Waals surface area contributed by atoms with E-state index in [0.717, 1.165) is 22.6 Å². The first kappa shape index (κ1) is 12.4. The molecule has 1 fully saturated rings. The highest BCUT2D eigenvalue weighted by Crippen LogP contribution is 2.39. The molecule has 0 heterocycles. The lowest BCUT2D eigenvalue weighted by Crippen LogP contribution is -2.36. The fourth-order valence-electron chi connectivity index (χ4n) is 2.12. The molecular weight excluding hydrogens is 286 g/mol. The first-order valence-electron chi connectivity index (χ1n) is 5.74. The van der Waals surface area contributed by atoms with E-state index in [4.69, 9.17) is 11.6 Å². The van der Waals surface area contributed by atoms with Gasteiger partial charge in [-0.15, -0.1) is 0 Å². The topological polar surface area (TPSA) is 12.0 Å². The SMILES string of the molecule is CC1(CNCc2ccc(Br)c(Cl)c2)CCC1. The minimum Gasteiger partial charge on any atom is -0.312 e. The Hall–Kier alpha value is -0.0500. The molecule has 1 saturated carbocycles. The van der Waals surface area contributed by atoms with Crippen LogP contribution in [-0.2, 0) is 6.54 Å². The van der Waals surface area contributed by atoms with E-state index in [2.05, 4.69) is 34.2 Å². The minimum atomic E-state index is 0.541. The van der Waals surface area contributed by atoms with Crippen molar-refractivity contribution in [1.82, 2.24) is 5.32 Å². The highest BCUT2D eigenvalue weighted by Gasteiger charge is 2.30. The summed E-state index contributed by atoms with van der Waals surface area (Å²) in [6.45, 7) is 4.38. The molecule has 0 unspecified atom stereocenters. The second-order valence-electron chi connectivity index (χ2n) is 5.02. The third-order valence-electron chi connectivity index (χ3n) is 3.43. The van der Waals surface area contributed by atoms with E-state index in [9.17, 15) is 0 Å². The Balaban J connectivity index is 1.83. The third kappa shape index (κ3) is 2.99. The van der Waals surface area contributed by atoms with Gasteiger partial charge >= 0.3 is 0 Å². The lowest BCUT2D eigenvalue weighted by atomic mass is 9.70. The van der Waals surface area contributed by atoms with E-state index in [1.165, 1.54) is 24.8 Å². The van der Waals surface area contributed by atoms with Crippen molar-refractivity contribution < 1.29 is 0 Å². The van der Waals surface area contributed by atoms with Gasteiger partial charge in [0.1, 0.15) is 0 Å². The van der Waals surface area contributed by atoms with Gasteiger partial charge in [0, 0.05) is 17.6 Å². The number of benzene rings is 1. The van der Waals surface area contributed by atoms with Gasteiger partial charge in [0.25, 0.3) is 0 Å². The summed E-state index contributed by atoms with van der Waals surface area (Å²) in [6.07, 6.45) is 4.12. The second kappa shape index (κ2) is 5.07. The van der Waals surface area contributed by atoms with Crippen molar-refractivity contribution in [1.29, 1.82) is 0 Å². The van der Waals surface area contributed by atoms with Crippen molar-refractivity contribution in [2.24, 2.45) is 5.41 Å². The minimum absolute atomic E-state index is 0.541. The molecule has 0 atom stereocenters. The number of halogens is 2. The molecule has 0 amide bonds. The first-order chi connectivity index (χ1) is 7.59. The molecule has 1 aromatic carbocycles. The maximum Gasteiger partial charge on any atom is 0.0551 e. The van der Waals surface area contributed by atoms with Gasteiger partial charge in [0.05, 0.1) is 5.02 Å². The maximum atomic E-state index is 6.05. The first-order valence-corrected chi connectivity index (χ1v) is 6.91. The van der Waals surface area contributed by atoms with Gasteiger partial charge < -0.3 is 5.32 Å². The van der Waals surface area contributed by atoms with Gasteiger partial charge in [-0.3, -0.25) is 0 Å². The molecule has 1 N–H and O–H groups in total. The molecule has 1 aliphatic rings. The zero-order valence-electron chi connectivity index (χ0n) is 9.52. The van der Waals surface area contributed by atoms with Crippen LogP contribution in [0, 0.1) is 5.41 Å². The molecule has 0 aliphatic heterocycles. The van der Waals surface area contributed by atoms with Gasteiger partial charge in [-0.05, 0) is 51.9 Å². The summed E-state index contributed by atoms with van der Waals surface area (Å²) in [5.74, 6) is 0. The molecule has 16 heavy (non-hydrogen) atoms. The molecule has 0 spiro atoms. The normalized spacial score (nSPS) is 18.2. The van der Waals surface area contributed by atoms with Crippen LogP contribution in [0.5, 0.6) is 0 Å². The summed E-state index contributed by atoms with van der Waals surface area (Å²) in [6, 6.07) is 6.12. The fourth-order valence-corrected chi connectivity index (χ4v) is 2.57. The Morgan fingerprint density at radius 2 is 2.19 bits per heavy atom. The van der Waals surface area contributed by atoms with Crippen LogP contribution in [0.15, 0.2) is 22.7 Å². The van der Waals surface area contributed by atoms with Crippen LogP contribution in [0.2, 0.25) is 5.02 Å². The van der Waals surface area contributed by atoms with Gasteiger partial charge in [-0.25, -0.2) is 0 Å². The predicted octanol–water partition coefficient (Wildman–Crippen LogP) is 4.38. The van der Waals surface area contributed by atoms with Crippen molar-refractivity contribution >= 4 is 27.5 Å². The smallest absolute Gasteiger partial charge is 0.0551 e. The van der Waals surface area contributed by atoms with Crippen molar-refractivity contribution in [3.8, 4) is 0 Å². The molecular formula is C13H17BrClN. The third-order valence-corrected chi connectivity index (χ3v) is 4.66. The Morgan fingerprint density at radius 1 is 1.44 bits per heavy atom. The molecule has 0 saturated heterocycles. The van der Waals surface area contributed by atoms with Gasteiger partial charge in [0.2, 0.25) is 0 Å². The van der Waals surface area contributed by atoms with E-state index < -0.39 is 0 Å². The van der Waals surface area contributed by atoms with Crippen LogP contribution in [0.25, 0.3) is 0 Å². The van der Waals surface area contributed by atoms with E-state index in [-0.39, 0.29) is 0 Å². The molecule has 0 bridgehead atoms.